The zero-order valence-electron chi connectivity index (χ0n) is 9.41. The Kier molecular flexibility index (Phi) is 3.42. The molecule has 3 nitrogen and oxygen atoms in total. The second-order valence-electron chi connectivity index (χ2n) is 4.68. The molecule has 3 atom stereocenters. The summed E-state index contributed by atoms with van der Waals surface area (Å²) in [5.41, 5.74) is -0.0688. The summed E-state index contributed by atoms with van der Waals surface area (Å²) in [6.07, 6.45) is 8.43. The summed E-state index contributed by atoms with van der Waals surface area (Å²) in [6.45, 7) is 1.97. The first-order valence-corrected chi connectivity index (χ1v) is 6.04. The third-order valence-electron chi connectivity index (χ3n) is 3.58. The van der Waals surface area contributed by atoms with Crippen LogP contribution in [0, 0.1) is 0 Å². The molecule has 0 bridgehead atoms. The van der Waals surface area contributed by atoms with Crippen molar-refractivity contribution in [2.45, 2.75) is 69.9 Å². The molecule has 3 heteroatoms. The smallest absolute Gasteiger partial charge is 0.156 e. The fourth-order valence-electron chi connectivity index (χ4n) is 2.92. The van der Waals surface area contributed by atoms with E-state index in [1.54, 1.807) is 0 Å². The van der Waals surface area contributed by atoms with Gasteiger partial charge >= 0.3 is 0 Å². The van der Waals surface area contributed by atoms with Gasteiger partial charge in [0.2, 0.25) is 0 Å². The molecule has 0 radical (unpaired) electrons. The summed E-state index contributed by atoms with van der Waals surface area (Å²) in [4.78, 5) is 10.3. The summed E-state index contributed by atoms with van der Waals surface area (Å²) in [6, 6.07) is 0. The van der Waals surface area contributed by atoms with E-state index in [1.807, 2.05) is 6.92 Å². The van der Waals surface area contributed by atoms with Gasteiger partial charge in [0.25, 0.3) is 0 Å². The van der Waals surface area contributed by atoms with Crippen LogP contribution in [0.3, 0.4) is 0 Å². The minimum absolute atomic E-state index is 0.0654. The van der Waals surface area contributed by atoms with Gasteiger partial charge in [0.15, 0.2) is 6.29 Å². The highest BCUT2D eigenvalue weighted by atomic mass is 16.7. The van der Waals surface area contributed by atoms with Crippen LogP contribution < -0.4 is 0 Å². The van der Waals surface area contributed by atoms with Gasteiger partial charge in [0.05, 0.1) is 11.7 Å². The first kappa shape index (κ1) is 11.1. The van der Waals surface area contributed by atoms with Crippen LogP contribution in [0.4, 0.5) is 0 Å². The van der Waals surface area contributed by atoms with Crippen molar-refractivity contribution < 1.29 is 14.3 Å². The zero-order valence-corrected chi connectivity index (χ0v) is 9.41. The Morgan fingerprint density at radius 2 is 2.33 bits per heavy atom. The van der Waals surface area contributed by atoms with Gasteiger partial charge in [-0.2, -0.15) is 0 Å². The predicted molar refractivity (Wildman–Crippen MR) is 56.5 cm³/mol. The minimum atomic E-state index is -0.0688. The van der Waals surface area contributed by atoms with Gasteiger partial charge in [-0.25, -0.2) is 0 Å². The number of carbonyl (C=O) groups excluding carboxylic acids is 1. The van der Waals surface area contributed by atoms with E-state index < -0.39 is 0 Å². The molecule has 0 aromatic rings. The SMILES string of the molecule is CC1OC2CCCCC2(CCCC=O)O1. The number of unbranched alkanes of at least 4 members (excludes halogenated alkanes) is 1. The lowest BCUT2D eigenvalue weighted by atomic mass is 9.79. The molecule has 1 aliphatic heterocycles. The van der Waals surface area contributed by atoms with Crippen molar-refractivity contribution in [3.63, 3.8) is 0 Å². The molecule has 15 heavy (non-hydrogen) atoms. The molecule has 0 N–H and O–H groups in total. The standard InChI is InChI=1S/C12H20O3/c1-10-14-11-6-2-3-7-12(11,15-10)8-4-5-9-13/h9-11H,2-8H2,1H3. The predicted octanol–water partition coefficient (Wildman–Crippen LogP) is 2.43. The molecule has 1 saturated heterocycles. The molecule has 2 rings (SSSR count). The van der Waals surface area contributed by atoms with E-state index in [0.717, 1.165) is 32.0 Å². The number of aldehydes is 1. The Hall–Kier alpha value is -0.410. The van der Waals surface area contributed by atoms with Crippen LogP contribution in [0.5, 0.6) is 0 Å². The van der Waals surface area contributed by atoms with Crippen molar-refractivity contribution in [2.24, 2.45) is 0 Å². The molecule has 2 aliphatic rings. The summed E-state index contributed by atoms with van der Waals surface area (Å²) in [5, 5.41) is 0. The summed E-state index contributed by atoms with van der Waals surface area (Å²) < 4.78 is 11.7. The van der Waals surface area contributed by atoms with Crippen molar-refractivity contribution >= 4 is 6.29 Å². The molecule has 1 aliphatic carbocycles. The zero-order chi connectivity index (χ0) is 10.7. The molecule has 1 heterocycles. The molecule has 0 amide bonds. The number of rotatable bonds is 4. The molecule has 3 unspecified atom stereocenters. The van der Waals surface area contributed by atoms with Gasteiger partial charge in [-0.05, 0) is 32.6 Å². The van der Waals surface area contributed by atoms with Crippen molar-refractivity contribution in [2.75, 3.05) is 0 Å². The maximum absolute atomic E-state index is 10.3. The molecule has 0 aromatic heterocycles. The van der Waals surface area contributed by atoms with Crippen LogP contribution >= 0.6 is 0 Å². The normalized spacial score (nSPS) is 40.1. The van der Waals surface area contributed by atoms with Crippen molar-refractivity contribution in [1.29, 1.82) is 0 Å². The minimum Gasteiger partial charge on any atom is -0.347 e. The van der Waals surface area contributed by atoms with Crippen molar-refractivity contribution in [3.8, 4) is 0 Å². The van der Waals surface area contributed by atoms with E-state index in [2.05, 4.69) is 0 Å². The van der Waals surface area contributed by atoms with Crippen LogP contribution in [-0.4, -0.2) is 24.3 Å². The highest BCUT2D eigenvalue weighted by Crippen LogP contribution is 2.43. The van der Waals surface area contributed by atoms with Crippen LogP contribution in [-0.2, 0) is 14.3 Å². The molecule has 0 aromatic carbocycles. The number of carbonyl (C=O) groups is 1. The van der Waals surface area contributed by atoms with Gasteiger partial charge in [-0.3, -0.25) is 0 Å². The van der Waals surface area contributed by atoms with Gasteiger partial charge < -0.3 is 14.3 Å². The third-order valence-corrected chi connectivity index (χ3v) is 3.58. The van der Waals surface area contributed by atoms with Crippen LogP contribution in [0.2, 0.25) is 0 Å². The fraction of sp³-hybridized carbons (Fsp3) is 0.917. The monoisotopic (exact) mass is 212 g/mol. The van der Waals surface area contributed by atoms with E-state index in [0.29, 0.717) is 6.42 Å². The van der Waals surface area contributed by atoms with Crippen LogP contribution in [0.15, 0.2) is 0 Å². The Bertz CT molecular complexity index is 229. The molecule has 0 spiro atoms. The summed E-state index contributed by atoms with van der Waals surface area (Å²) in [5.74, 6) is 0. The molecule has 86 valence electrons. The van der Waals surface area contributed by atoms with Crippen molar-refractivity contribution in [1.82, 2.24) is 0 Å². The van der Waals surface area contributed by atoms with Gasteiger partial charge in [-0.15, -0.1) is 0 Å². The maximum Gasteiger partial charge on any atom is 0.156 e. The first-order chi connectivity index (χ1) is 7.27. The third kappa shape index (κ3) is 2.23. The van der Waals surface area contributed by atoms with Gasteiger partial charge in [-0.1, -0.05) is 12.8 Å². The number of fused-ring (bicyclic) bond motifs is 1. The Balaban J connectivity index is 1.97. The number of hydrogen-bond donors (Lipinski definition) is 0. The van der Waals surface area contributed by atoms with E-state index in [-0.39, 0.29) is 18.0 Å². The molecule has 1 saturated carbocycles. The number of ether oxygens (including phenoxy) is 2. The highest BCUT2D eigenvalue weighted by molar-refractivity contribution is 5.49. The summed E-state index contributed by atoms with van der Waals surface area (Å²) >= 11 is 0. The lowest BCUT2D eigenvalue weighted by Crippen LogP contribution is -2.42. The second kappa shape index (κ2) is 4.62. The lowest BCUT2D eigenvalue weighted by Gasteiger charge is -2.36. The Labute approximate surface area is 91.1 Å². The topological polar surface area (TPSA) is 35.5 Å². The Morgan fingerprint density at radius 3 is 3.13 bits per heavy atom. The fourth-order valence-corrected chi connectivity index (χ4v) is 2.92. The maximum atomic E-state index is 10.3. The highest BCUT2D eigenvalue weighted by Gasteiger charge is 2.48. The molecular formula is C12H20O3. The Morgan fingerprint density at radius 1 is 1.47 bits per heavy atom. The van der Waals surface area contributed by atoms with Gasteiger partial charge in [0, 0.05) is 6.42 Å². The van der Waals surface area contributed by atoms with Gasteiger partial charge in [0.1, 0.15) is 6.29 Å². The van der Waals surface area contributed by atoms with E-state index in [4.69, 9.17) is 9.47 Å². The quantitative estimate of drug-likeness (QED) is 0.530. The average molecular weight is 212 g/mol. The van der Waals surface area contributed by atoms with E-state index in [1.165, 1.54) is 12.8 Å². The largest absolute Gasteiger partial charge is 0.347 e. The van der Waals surface area contributed by atoms with Crippen LogP contribution in [0.25, 0.3) is 0 Å². The average Bonchev–Trinajstić information content (AvgIpc) is 2.54. The first-order valence-electron chi connectivity index (χ1n) is 6.04. The van der Waals surface area contributed by atoms with E-state index in [9.17, 15) is 4.79 Å². The van der Waals surface area contributed by atoms with Crippen molar-refractivity contribution in [3.05, 3.63) is 0 Å². The summed E-state index contributed by atoms with van der Waals surface area (Å²) in [7, 11) is 0. The molecule has 2 fully saturated rings. The van der Waals surface area contributed by atoms with Crippen LogP contribution in [0.1, 0.15) is 51.9 Å². The van der Waals surface area contributed by atoms with E-state index >= 15 is 0 Å². The lowest BCUT2D eigenvalue weighted by molar-refractivity contribution is -0.108. The number of hydrogen-bond acceptors (Lipinski definition) is 3. The molecular weight excluding hydrogens is 192 g/mol. The second-order valence-corrected chi connectivity index (χ2v) is 4.68.